The highest BCUT2D eigenvalue weighted by Gasteiger charge is 2.18. The largest absolute Gasteiger partial charge is 0.870 e. The van der Waals surface area contributed by atoms with Crippen molar-refractivity contribution in [1.29, 1.82) is 0 Å². The summed E-state index contributed by atoms with van der Waals surface area (Å²) in [6.07, 6.45) is 7.19. The summed E-state index contributed by atoms with van der Waals surface area (Å²) in [6.45, 7) is 3.68. The molecular formula is C15H32N2O4. The maximum atomic E-state index is 11.6. The van der Waals surface area contributed by atoms with Crippen molar-refractivity contribution in [2.45, 2.75) is 51.9 Å². The molecule has 0 rings (SSSR count). The molecule has 0 spiro atoms. The number of hydrogen-bond donors (Lipinski definition) is 2. The first-order chi connectivity index (χ1) is 9.37. The number of carbonyl (C=O) groups excluding carboxylic acids is 1. The summed E-state index contributed by atoms with van der Waals surface area (Å²) in [6, 6.07) is 0. The first-order valence-electron chi connectivity index (χ1n) is 7.68. The van der Waals surface area contributed by atoms with Crippen LogP contribution >= 0.6 is 0 Å². The molecule has 126 valence electrons. The van der Waals surface area contributed by atoms with Gasteiger partial charge in [-0.2, -0.15) is 0 Å². The van der Waals surface area contributed by atoms with E-state index >= 15 is 0 Å². The lowest BCUT2D eigenvalue weighted by atomic mass is 10.1. The third kappa shape index (κ3) is 15.1. The van der Waals surface area contributed by atoms with Crippen molar-refractivity contribution in [2.75, 3.05) is 33.7 Å². The monoisotopic (exact) mass is 304 g/mol. The zero-order valence-electron chi connectivity index (χ0n) is 13.7. The van der Waals surface area contributed by atoms with E-state index in [1.807, 2.05) is 14.1 Å². The summed E-state index contributed by atoms with van der Waals surface area (Å²) >= 11 is 0. The van der Waals surface area contributed by atoms with Gasteiger partial charge in [0.1, 0.15) is 0 Å². The van der Waals surface area contributed by atoms with Gasteiger partial charge in [-0.1, -0.05) is 32.6 Å². The van der Waals surface area contributed by atoms with Crippen LogP contribution in [0.15, 0.2) is 0 Å². The summed E-state index contributed by atoms with van der Waals surface area (Å²) < 4.78 is 0.447. The van der Waals surface area contributed by atoms with Gasteiger partial charge in [0.25, 0.3) is 0 Å². The van der Waals surface area contributed by atoms with Crippen molar-refractivity contribution in [3.8, 4) is 0 Å². The Morgan fingerprint density at radius 2 is 1.67 bits per heavy atom. The number of carboxylic acid groups (broad SMARTS) is 1. The topological polar surface area (TPSA) is 96.4 Å². The summed E-state index contributed by atoms with van der Waals surface area (Å²) in [7, 11) is 3.79. The Balaban J connectivity index is 0. The van der Waals surface area contributed by atoms with E-state index in [1.54, 1.807) is 0 Å². The van der Waals surface area contributed by atoms with Crippen molar-refractivity contribution in [1.82, 2.24) is 5.32 Å². The van der Waals surface area contributed by atoms with E-state index in [0.717, 1.165) is 25.8 Å². The van der Waals surface area contributed by atoms with Crippen molar-refractivity contribution in [3.05, 3.63) is 0 Å². The molecule has 21 heavy (non-hydrogen) atoms. The second kappa shape index (κ2) is 12.6. The maximum Gasteiger partial charge on any atom is 0.359 e. The summed E-state index contributed by atoms with van der Waals surface area (Å²) in [4.78, 5) is 22.2. The lowest BCUT2D eigenvalue weighted by Gasteiger charge is -2.27. The van der Waals surface area contributed by atoms with Gasteiger partial charge >= 0.3 is 5.97 Å². The van der Waals surface area contributed by atoms with Gasteiger partial charge in [-0.15, -0.1) is 0 Å². The number of quaternary nitrogens is 1. The van der Waals surface area contributed by atoms with Crippen LogP contribution in [0.5, 0.6) is 0 Å². The number of rotatable bonds is 12. The number of unbranched alkanes of at least 4 members (excludes halogenated alkanes) is 4. The quantitative estimate of drug-likeness (QED) is 0.424. The van der Waals surface area contributed by atoms with Crippen molar-refractivity contribution in [2.24, 2.45) is 0 Å². The molecule has 0 atom stereocenters. The van der Waals surface area contributed by atoms with Crippen LogP contribution in [0.4, 0.5) is 0 Å². The molecule has 0 aromatic rings. The molecule has 0 aliphatic heterocycles. The lowest BCUT2D eigenvalue weighted by Crippen LogP contribution is -2.45. The Bertz CT molecular complexity index is 293. The lowest BCUT2D eigenvalue weighted by molar-refractivity contribution is -0.883. The number of carbonyl (C=O) groups is 2. The fraction of sp³-hybridized carbons (Fsp3) is 0.867. The van der Waals surface area contributed by atoms with Crippen LogP contribution in [-0.4, -0.2) is 60.7 Å². The van der Waals surface area contributed by atoms with Crippen molar-refractivity contribution < 1.29 is 24.7 Å². The molecule has 0 unspecified atom stereocenters. The standard InChI is InChI=1S/C15H30N2O3.H2O/c1-4-5-6-7-8-10-14(18)16-11-9-12-17(2,3)13-15(19)20;/h4-13H2,1-3H3,(H-,16,18,19,20);1H2. The predicted octanol–water partition coefficient (Wildman–Crippen LogP) is 1.84. The van der Waals surface area contributed by atoms with E-state index in [-0.39, 0.29) is 17.9 Å². The highest BCUT2D eigenvalue weighted by atomic mass is 16.4. The number of aliphatic carboxylic acids is 1. The minimum absolute atomic E-state index is 0. The molecule has 6 heteroatoms. The molecule has 0 saturated heterocycles. The number of carboxylic acids is 1. The van der Waals surface area contributed by atoms with E-state index in [1.165, 1.54) is 19.3 Å². The molecule has 0 aromatic carbocycles. The zero-order chi connectivity index (χ0) is 15.4. The van der Waals surface area contributed by atoms with Gasteiger partial charge in [-0.05, 0) is 6.42 Å². The molecule has 0 aliphatic rings. The molecular weight excluding hydrogens is 272 g/mol. The fourth-order valence-corrected chi connectivity index (χ4v) is 2.16. The second-order valence-corrected chi connectivity index (χ2v) is 6.08. The molecule has 1 amide bonds. The van der Waals surface area contributed by atoms with Gasteiger partial charge in [0, 0.05) is 19.4 Å². The molecule has 0 aromatic heterocycles. The van der Waals surface area contributed by atoms with E-state index in [2.05, 4.69) is 12.2 Å². The van der Waals surface area contributed by atoms with Crippen LogP contribution in [-0.2, 0) is 9.59 Å². The van der Waals surface area contributed by atoms with Crippen LogP contribution in [0, 0.1) is 0 Å². The molecule has 3 N–H and O–H groups in total. The number of hydrogen-bond acceptors (Lipinski definition) is 3. The minimum Gasteiger partial charge on any atom is -0.870 e. The highest BCUT2D eigenvalue weighted by Crippen LogP contribution is 2.04. The van der Waals surface area contributed by atoms with Crippen LogP contribution in [0.3, 0.4) is 0 Å². The Hall–Kier alpha value is -1.14. The molecule has 0 saturated carbocycles. The highest BCUT2D eigenvalue weighted by molar-refractivity contribution is 5.75. The third-order valence-electron chi connectivity index (χ3n) is 3.33. The van der Waals surface area contributed by atoms with Gasteiger partial charge in [-0.25, -0.2) is 4.79 Å². The first kappa shape index (κ1) is 22.1. The Labute approximate surface area is 128 Å². The molecule has 0 fully saturated rings. The fourth-order valence-electron chi connectivity index (χ4n) is 2.16. The smallest absolute Gasteiger partial charge is 0.359 e. The average Bonchev–Trinajstić information content (AvgIpc) is 2.33. The average molecular weight is 304 g/mol. The molecule has 0 heterocycles. The SMILES string of the molecule is CCCCCCCC(=O)NCCC[N+](C)(C)CC(=O)O.[OH-]. The Morgan fingerprint density at radius 3 is 2.24 bits per heavy atom. The maximum absolute atomic E-state index is 11.6. The van der Waals surface area contributed by atoms with Gasteiger partial charge in [0.2, 0.25) is 5.91 Å². The number of nitrogens with zero attached hydrogens (tertiary/aromatic N) is 1. The van der Waals surface area contributed by atoms with Gasteiger partial charge in [0.05, 0.1) is 20.6 Å². The van der Waals surface area contributed by atoms with Crippen LogP contribution in [0.2, 0.25) is 0 Å². The third-order valence-corrected chi connectivity index (χ3v) is 3.33. The normalized spacial score (nSPS) is 10.8. The van der Waals surface area contributed by atoms with Crippen LogP contribution < -0.4 is 5.32 Å². The van der Waals surface area contributed by atoms with Crippen molar-refractivity contribution in [3.63, 3.8) is 0 Å². The number of amides is 1. The first-order valence-corrected chi connectivity index (χ1v) is 7.68. The molecule has 6 nitrogen and oxygen atoms in total. The molecule has 0 aliphatic carbocycles. The zero-order valence-corrected chi connectivity index (χ0v) is 13.7. The van der Waals surface area contributed by atoms with Crippen molar-refractivity contribution >= 4 is 11.9 Å². The summed E-state index contributed by atoms with van der Waals surface area (Å²) in [5.74, 6) is -0.670. The molecule has 0 radical (unpaired) electrons. The number of likely N-dealkylation sites (N-methyl/N-ethyl adjacent to an activating group) is 1. The minimum atomic E-state index is -0.786. The van der Waals surface area contributed by atoms with Crippen LogP contribution in [0.1, 0.15) is 51.9 Å². The number of nitrogens with one attached hydrogen (secondary N) is 1. The Morgan fingerprint density at radius 1 is 1.05 bits per heavy atom. The second-order valence-electron chi connectivity index (χ2n) is 6.08. The van der Waals surface area contributed by atoms with Gasteiger partial charge < -0.3 is 20.4 Å². The predicted molar refractivity (Wildman–Crippen MR) is 82.4 cm³/mol. The summed E-state index contributed by atoms with van der Waals surface area (Å²) in [5, 5.41) is 11.7. The van der Waals surface area contributed by atoms with E-state index in [4.69, 9.17) is 5.11 Å². The Kier molecular flexibility index (Phi) is 13.3. The van der Waals surface area contributed by atoms with Crippen LogP contribution in [0.25, 0.3) is 0 Å². The van der Waals surface area contributed by atoms with E-state index in [9.17, 15) is 9.59 Å². The van der Waals surface area contributed by atoms with Gasteiger partial charge in [0.15, 0.2) is 6.54 Å². The van der Waals surface area contributed by atoms with E-state index in [0.29, 0.717) is 17.4 Å². The molecule has 0 bridgehead atoms. The van der Waals surface area contributed by atoms with Gasteiger partial charge in [-0.3, -0.25) is 4.79 Å². The van der Waals surface area contributed by atoms with E-state index < -0.39 is 5.97 Å². The summed E-state index contributed by atoms with van der Waals surface area (Å²) in [5.41, 5.74) is 0.